The van der Waals surface area contributed by atoms with Gasteiger partial charge in [-0.25, -0.2) is 9.78 Å². The summed E-state index contributed by atoms with van der Waals surface area (Å²) < 4.78 is 10.3. The van der Waals surface area contributed by atoms with Gasteiger partial charge in [-0.15, -0.1) is 11.3 Å². The number of carbonyl (C=O) groups excluding carboxylic acids is 2. The molecule has 2 aromatic carbocycles. The smallest absolute Gasteiger partial charge is 0.330 e. The van der Waals surface area contributed by atoms with E-state index in [-0.39, 0.29) is 18.3 Å². The Kier molecular flexibility index (Phi) is 7.95. The van der Waals surface area contributed by atoms with Crippen molar-refractivity contribution in [1.82, 2.24) is 4.98 Å². The fourth-order valence-electron chi connectivity index (χ4n) is 2.78. The molecule has 3 aromatic rings. The number of nitrogens with zero attached hydrogens (tertiary/aromatic N) is 1. The van der Waals surface area contributed by atoms with Gasteiger partial charge >= 0.3 is 5.97 Å². The molecule has 3 rings (SSSR count). The molecule has 0 bridgehead atoms. The van der Waals surface area contributed by atoms with Crippen LogP contribution in [-0.2, 0) is 20.7 Å². The highest BCUT2D eigenvalue weighted by molar-refractivity contribution is 7.13. The number of aromatic nitrogens is 1. The molecule has 0 radical (unpaired) electrons. The Balaban J connectivity index is 1.54. The number of amides is 1. The van der Waals surface area contributed by atoms with Gasteiger partial charge in [0.15, 0.2) is 0 Å². The average molecular weight is 437 g/mol. The predicted octanol–water partition coefficient (Wildman–Crippen LogP) is 4.97. The molecule has 0 aliphatic rings. The van der Waals surface area contributed by atoms with Gasteiger partial charge in [-0.05, 0) is 61.9 Å². The third-order valence-corrected chi connectivity index (χ3v) is 5.14. The Morgan fingerprint density at radius 1 is 1.03 bits per heavy atom. The number of hydrogen-bond acceptors (Lipinski definition) is 6. The van der Waals surface area contributed by atoms with E-state index in [2.05, 4.69) is 10.3 Å². The molecule has 1 N–H and O–H groups in total. The van der Waals surface area contributed by atoms with Crippen LogP contribution in [0.25, 0.3) is 16.6 Å². The molecule has 160 valence electrons. The summed E-state index contributed by atoms with van der Waals surface area (Å²) in [6.07, 6.45) is 3.24. The largest absolute Gasteiger partial charge is 0.494 e. The number of rotatable bonds is 9. The monoisotopic (exact) mass is 436 g/mol. The third-order valence-electron chi connectivity index (χ3n) is 4.20. The van der Waals surface area contributed by atoms with Crippen LogP contribution < -0.4 is 10.1 Å². The minimum absolute atomic E-state index is 0.140. The number of thiazole rings is 1. The van der Waals surface area contributed by atoms with E-state index in [1.807, 2.05) is 48.7 Å². The maximum atomic E-state index is 12.4. The van der Waals surface area contributed by atoms with Gasteiger partial charge in [0.05, 0.1) is 25.3 Å². The Labute approximate surface area is 185 Å². The number of ether oxygens (including phenoxy) is 2. The minimum atomic E-state index is -0.382. The SMILES string of the molecule is CCOC(=O)/C=C/c1ccc(NC(=O)Cc2csc(-c3ccc(OCC)cc3)n2)cc1. The van der Waals surface area contributed by atoms with E-state index < -0.39 is 0 Å². The highest BCUT2D eigenvalue weighted by Gasteiger charge is 2.10. The lowest BCUT2D eigenvalue weighted by molar-refractivity contribution is -0.137. The summed E-state index contributed by atoms with van der Waals surface area (Å²) in [6, 6.07) is 15.0. The summed E-state index contributed by atoms with van der Waals surface area (Å²) in [6.45, 7) is 4.68. The van der Waals surface area contributed by atoms with Gasteiger partial charge in [-0.1, -0.05) is 12.1 Å². The van der Waals surface area contributed by atoms with Gasteiger partial charge in [0, 0.05) is 22.7 Å². The van der Waals surface area contributed by atoms with Crippen molar-refractivity contribution in [1.29, 1.82) is 0 Å². The lowest BCUT2D eigenvalue weighted by Crippen LogP contribution is -2.14. The highest BCUT2D eigenvalue weighted by Crippen LogP contribution is 2.26. The first-order valence-corrected chi connectivity index (χ1v) is 10.9. The second-order valence-corrected chi connectivity index (χ2v) is 7.39. The second kappa shape index (κ2) is 11.1. The lowest BCUT2D eigenvalue weighted by Gasteiger charge is -2.05. The van der Waals surface area contributed by atoms with Gasteiger partial charge in [0.25, 0.3) is 0 Å². The highest BCUT2D eigenvalue weighted by atomic mass is 32.1. The molecule has 1 amide bonds. The van der Waals surface area contributed by atoms with E-state index in [0.29, 0.717) is 18.9 Å². The first kappa shape index (κ1) is 22.2. The summed E-state index contributed by atoms with van der Waals surface area (Å²) in [5, 5.41) is 5.63. The summed E-state index contributed by atoms with van der Waals surface area (Å²) in [5.41, 5.74) is 3.23. The van der Waals surface area contributed by atoms with E-state index in [4.69, 9.17) is 9.47 Å². The number of anilines is 1. The van der Waals surface area contributed by atoms with E-state index in [1.54, 1.807) is 25.1 Å². The lowest BCUT2D eigenvalue weighted by atomic mass is 10.2. The summed E-state index contributed by atoms with van der Waals surface area (Å²) in [7, 11) is 0. The number of nitrogens with one attached hydrogen (secondary N) is 1. The molecule has 0 spiro atoms. The molecule has 0 fully saturated rings. The molecular weight excluding hydrogens is 412 g/mol. The summed E-state index contributed by atoms with van der Waals surface area (Å²) in [4.78, 5) is 28.3. The van der Waals surface area contributed by atoms with Crippen molar-refractivity contribution < 1.29 is 19.1 Å². The molecule has 0 atom stereocenters. The van der Waals surface area contributed by atoms with Crippen LogP contribution in [-0.4, -0.2) is 30.1 Å². The van der Waals surface area contributed by atoms with E-state index in [9.17, 15) is 9.59 Å². The average Bonchev–Trinajstić information content (AvgIpc) is 3.22. The predicted molar refractivity (Wildman–Crippen MR) is 123 cm³/mol. The minimum Gasteiger partial charge on any atom is -0.494 e. The molecular formula is C24H24N2O4S. The zero-order valence-electron chi connectivity index (χ0n) is 17.5. The molecule has 6 nitrogen and oxygen atoms in total. The Bertz CT molecular complexity index is 1040. The number of hydrogen-bond donors (Lipinski definition) is 1. The van der Waals surface area contributed by atoms with Crippen LogP contribution in [0.1, 0.15) is 25.1 Å². The molecule has 1 heterocycles. The number of carbonyl (C=O) groups is 2. The van der Waals surface area contributed by atoms with Crippen LogP contribution in [0.15, 0.2) is 60.0 Å². The maximum absolute atomic E-state index is 12.4. The van der Waals surface area contributed by atoms with Crippen molar-refractivity contribution in [3.05, 3.63) is 71.2 Å². The van der Waals surface area contributed by atoms with Gasteiger partial charge in [0.2, 0.25) is 5.91 Å². The quantitative estimate of drug-likeness (QED) is 0.379. The molecule has 1 aromatic heterocycles. The van der Waals surface area contributed by atoms with Crippen molar-refractivity contribution in [3.63, 3.8) is 0 Å². The molecule has 0 aliphatic carbocycles. The van der Waals surface area contributed by atoms with Crippen LogP contribution in [0.2, 0.25) is 0 Å². The van der Waals surface area contributed by atoms with Gasteiger partial charge in [-0.3, -0.25) is 4.79 Å². The van der Waals surface area contributed by atoms with Crippen LogP contribution in [0.5, 0.6) is 5.75 Å². The normalized spacial score (nSPS) is 10.8. The van der Waals surface area contributed by atoms with Crippen molar-refractivity contribution in [2.75, 3.05) is 18.5 Å². The Hall–Kier alpha value is -3.45. The van der Waals surface area contributed by atoms with Crippen molar-refractivity contribution in [2.24, 2.45) is 0 Å². The van der Waals surface area contributed by atoms with Crippen molar-refractivity contribution >= 4 is 35.0 Å². The zero-order valence-corrected chi connectivity index (χ0v) is 18.3. The van der Waals surface area contributed by atoms with Crippen LogP contribution in [0.3, 0.4) is 0 Å². The topological polar surface area (TPSA) is 77.5 Å². The molecule has 0 saturated carbocycles. The van der Waals surface area contributed by atoms with Gasteiger partial charge in [0.1, 0.15) is 10.8 Å². The maximum Gasteiger partial charge on any atom is 0.330 e. The van der Waals surface area contributed by atoms with E-state index in [0.717, 1.165) is 27.6 Å². The van der Waals surface area contributed by atoms with Gasteiger partial charge < -0.3 is 14.8 Å². The number of esters is 1. The molecule has 7 heteroatoms. The number of benzene rings is 2. The Morgan fingerprint density at radius 2 is 1.77 bits per heavy atom. The summed E-state index contributed by atoms with van der Waals surface area (Å²) in [5.74, 6) is 0.302. The van der Waals surface area contributed by atoms with Crippen LogP contribution >= 0.6 is 11.3 Å². The van der Waals surface area contributed by atoms with Gasteiger partial charge in [-0.2, -0.15) is 0 Å². The fourth-order valence-corrected chi connectivity index (χ4v) is 3.61. The third kappa shape index (κ3) is 6.79. The van der Waals surface area contributed by atoms with Crippen LogP contribution in [0, 0.1) is 0 Å². The molecule has 0 unspecified atom stereocenters. The van der Waals surface area contributed by atoms with E-state index >= 15 is 0 Å². The van der Waals surface area contributed by atoms with Crippen LogP contribution in [0.4, 0.5) is 5.69 Å². The van der Waals surface area contributed by atoms with Crippen molar-refractivity contribution in [2.45, 2.75) is 20.3 Å². The molecule has 0 saturated heterocycles. The first-order valence-electron chi connectivity index (χ1n) is 9.99. The second-order valence-electron chi connectivity index (χ2n) is 6.53. The zero-order chi connectivity index (χ0) is 22.1. The molecule has 0 aliphatic heterocycles. The standard InChI is InChI=1S/C24H24N2O4S/c1-3-29-21-12-8-18(9-13-21)24-26-20(16-31-24)15-22(27)25-19-10-5-17(6-11-19)7-14-23(28)30-4-2/h5-14,16H,3-4,15H2,1-2H3,(H,25,27)/b14-7+. The Morgan fingerprint density at radius 3 is 2.45 bits per heavy atom. The fraction of sp³-hybridized carbons (Fsp3) is 0.208. The van der Waals surface area contributed by atoms with Crippen molar-refractivity contribution in [3.8, 4) is 16.3 Å². The molecule has 31 heavy (non-hydrogen) atoms. The van der Waals surface area contributed by atoms with E-state index in [1.165, 1.54) is 17.4 Å². The summed E-state index contributed by atoms with van der Waals surface area (Å²) >= 11 is 1.51. The first-order chi connectivity index (χ1) is 15.1.